The van der Waals surface area contributed by atoms with E-state index in [4.69, 9.17) is 4.74 Å². The number of ether oxygens (including phenoxy) is 1. The molecule has 1 heterocycles. The molecule has 3 rings (SSSR count). The number of carbonyl (C=O) groups excluding carboxylic acids is 1. The molecule has 24 heavy (non-hydrogen) atoms. The van der Waals surface area contributed by atoms with Gasteiger partial charge in [-0.2, -0.15) is 0 Å². The Balaban J connectivity index is 1.91. The molecule has 1 unspecified atom stereocenters. The number of amides is 1. The zero-order valence-electron chi connectivity index (χ0n) is 13.1. The molecule has 1 aliphatic heterocycles. The van der Waals surface area contributed by atoms with Crippen LogP contribution in [0.5, 0.6) is 0 Å². The number of carbonyl (C=O) groups is 1. The zero-order valence-corrected chi connectivity index (χ0v) is 13.1. The molecular formula is C18H16N2O4. The van der Waals surface area contributed by atoms with Gasteiger partial charge in [0, 0.05) is 30.3 Å². The van der Waals surface area contributed by atoms with Gasteiger partial charge in [0.1, 0.15) is 5.76 Å². The van der Waals surface area contributed by atoms with Crippen molar-refractivity contribution in [2.24, 2.45) is 0 Å². The Labute approximate surface area is 139 Å². The number of allylic oxidation sites excluding steroid dienone is 1. The van der Waals surface area contributed by atoms with E-state index in [1.807, 2.05) is 30.3 Å². The Hall–Kier alpha value is -3.15. The second-order valence-electron chi connectivity index (χ2n) is 5.53. The second-order valence-corrected chi connectivity index (χ2v) is 5.53. The quantitative estimate of drug-likeness (QED) is 0.637. The summed E-state index contributed by atoms with van der Waals surface area (Å²) in [6.07, 6.45) is 0.841. The van der Waals surface area contributed by atoms with Crippen LogP contribution in [0.1, 0.15) is 24.3 Å². The van der Waals surface area contributed by atoms with Gasteiger partial charge in [-0.15, -0.1) is 0 Å². The van der Waals surface area contributed by atoms with Crippen molar-refractivity contribution in [3.8, 4) is 0 Å². The van der Waals surface area contributed by atoms with Gasteiger partial charge in [-0.3, -0.25) is 19.8 Å². The Kier molecular flexibility index (Phi) is 4.29. The number of benzene rings is 2. The van der Waals surface area contributed by atoms with Crippen LogP contribution in [-0.4, -0.2) is 15.7 Å². The number of nitro groups is 1. The van der Waals surface area contributed by atoms with E-state index in [-0.39, 0.29) is 11.6 Å². The standard InChI is InChI=1S/C18H16N2O4/c1-13-11-17(21)19(12-14-5-3-2-4-6-14)18(24-13)15-7-9-16(10-8-15)20(22)23/h2-11,18H,12H2,1H3. The predicted molar refractivity (Wildman–Crippen MR) is 87.7 cm³/mol. The van der Waals surface area contributed by atoms with E-state index in [1.165, 1.54) is 18.2 Å². The Morgan fingerprint density at radius 1 is 1.12 bits per heavy atom. The number of nitrogens with zero attached hydrogens (tertiary/aromatic N) is 2. The maximum Gasteiger partial charge on any atom is 0.269 e. The van der Waals surface area contributed by atoms with E-state index >= 15 is 0 Å². The smallest absolute Gasteiger partial charge is 0.269 e. The first-order valence-electron chi connectivity index (χ1n) is 7.48. The molecule has 0 aliphatic carbocycles. The summed E-state index contributed by atoms with van der Waals surface area (Å²) in [5.41, 5.74) is 1.68. The van der Waals surface area contributed by atoms with Crippen molar-refractivity contribution in [2.75, 3.05) is 0 Å². The molecule has 0 spiro atoms. The van der Waals surface area contributed by atoms with Crippen molar-refractivity contribution in [3.63, 3.8) is 0 Å². The molecule has 6 nitrogen and oxygen atoms in total. The van der Waals surface area contributed by atoms with Gasteiger partial charge in [-0.05, 0) is 24.6 Å². The summed E-state index contributed by atoms with van der Waals surface area (Å²) in [6, 6.07) is 15.7. The molecule has 0 aromatic heterocycles. The van der Waals surface area contributed by atoms with E-state index in [1.54, 1.807) is 24.0 Å². The van der Waals surface area contributed by atoms with Gasteiger partial charge in [0.15, 0.2) is 0 Å². The summed E-state index contributed by atoms with van der Waals surface area (Å²) < 4.78 is 5.82. The SMILES string of the molecule is CC1=CC(=O)N(Cc2ccccc2)C(c2ccc([N+](=O)[O-])cc2)O1. The molecule has 0 fully saturated rings. The first-order valence-corrected chi connectivity index (χ1v) is 7.48. The van der Waals surface area contributed by atoms with Gasteiger partial charge in [-0.25, -0.2) is 0 Å². The van der Waals surface area contributed by atoms with Gasteiger partial charge in [0.2, 0.25) is 6.23 Å². The molecule has 6 heteroatoms. The average molecular weight is 324 g/mol. The molecule has 2 aromatic rings. The third kappa shape index (κ3) is 3.27. The van der Waals surface area contributed by atoms with Crippen molar-refractivity contribution in [1.29, 1.82) is 0 Å². The first kappa shape index (κ1) is 15.7. The fourth-order valence-corrected chi connectivity index (χ4v) is 2.60. The molecule has 0 bridgehead atoms. The highest BCUT2D eigenvalue weighted by Gasteiger charge is 2.30. The molecule has 1 atom stereocenters. The fourth-order valence-electron chi connectivity index (χ4n) is 2.60. The normalized spacial score (nSPS) is 17.2. The van der Waals surface area contributed by atoms with Gasteiger partial charge in [0.05, 0.1) is 4.92 Å². The number of non-ortho nitro benzene ring substituents is 1. The van der Waals surface area contributed by atoms with Crippen LogP contribution in [0.15, 0.2) is 66.4 Å². The molecule has 2 aromatic carbocycles. The minimum atomic E-state index is -0.608. The molecule has 1 amide bonds. The van der Waals surface area contributed by atoms with E-state index in [0.717, 1.165) is 5.56 Å². The van der Waals surface area contributed by atoms with Gasteiger partial charge in [-0.1, -0.05) is 30.3 Å². The minimum Gasteiger partial charge on any atom is -0.471 e. The van der Waals surface area contributed by atoms with E-state index in [0.29, 0.717) is 17.9 Å². The fraction of sp³-hybridized carbons (Fsp3) is 0.167. The third-order valence-corrected chi connectivity index (χ3v) is 3.78. The van der Waals surface area contributed by atoms with Gasteiger partial charge < -0.3 is 4.74 Å². The highest BCUT2D eigenvalue weighted by molar-refractivity contribution is 5.88. The minimum absolute atomic E-state index is 0.00255. The summed E-state index contributed by atoms with van der Waals surface area (Å²) in [4.78, 5) is 24.4. The molecule has 0 saturated carbocycles. The molecule has 0 radical (unpaired) electrons. The van der Waals surface area contributed by atoms with Crippen molar-refractivity contribution >= 4 is 11.6 Å². The highest BCUT2D eigenvalue weighted by Crippen LogP contribution is 2.31. The largest absolute Gasteiger partial charge is 0.471 e. The summed E-state index contributed by atoms with van der Waals surface area (Å²) in [7, 11) is 0. The molecule has 122 valence electrons. The third-order valence-electron chi connectivity index (χ3n) is 3.78. The molecule has 1 aliphatic rings. The van der Waals surface area contributed by atoms with E-state index < -0.39 is 11.2 Å². The molecule has 0 saturated heterocycles. The van der Waals surface area contributed by atoms with Crippen LogP contribution in [0.2, 0.25) is 0 Å². The summed E-state index contributed by atoms with van der Waals surface area (Å²) in [5.74, 6) is 0.374. The first-order chi connectivity index (χ1) is 11.5. The van der Waals surface area contributed by atoms with Crippen molar-refractivity contribution in [1.82, 2.24) is 4.90 Å². The second kappa shape index (κ2) is 6.54. The topological polar surface area (TPSA) is 72.7 Å². The predicted octanol–water partition coefficient (Wildman–Crippen LogP) is 3.56. The number of nitro benzene ring substituents is 1. The zero-order chi connectivity index (χ0) is 17.1. The Morgan fingerprint density at radius 2 is 1.79 bits per heavy atom. The lowest BCUT2D eigenvalue weighted by Gasteiger charge is -2.35. The van der Waals surface area contributed by atoms with Crippen molar-refractivity contribution in [2.45, 2.75) is 19.7 Å². The van der Waals surface area contributed by atoms with Gasteiger partial charge in [0.25, 0.3) is 11.6 Å². The summed E-state index contributed by atoms with van der Waals surface area (Å²) in [5, 5.41) is 10.8. The van der Waals surface area contributed by atoms with Crippen LogP contribution in [0.25, 0.3) is 0 Å². The van der Waals surface area contributed by atoms with Crippen LogP contribution in [0.3, 0.4) is 0 Å². The lowest BCUT2D eigenvalue weighted by atomic mass is 10.1. The van der Waals surface area contributed by atoms with Crippen LogP contribution in [0.4, 0.5) is 5.69 Å². The van der Waals surface area contributed by atoms with Crippen LogP contribution < -0.4 is 0 Å². The average Bonchev–Trinajstić information content (AvgIpc) is 2.58. The summed E-state index contributed by atoms with van der Waals surface area (Å²) >= 11 is 0. The number of hydrogen-bond acceptors (Lipinski definition) is 4. The van der Waals surface area contributed by atoms with Crippen molar-refractivity contribution < 1.29 is 14.5 Å². The van der Waals surface area contributed by atoms with Crippen LogP contribution in [0, 0.1) is 10.1 Å². The monoisotopic (exact) mass is 324 g/mol. The Morgan fingerprint density at radius 3 is 2.42 bits per heavy atom. The van der Waals surface area contributed by atoms with E-state index in [9.17, 15) is 14.9 Å². The van der Waals surface area contributed by atoms with E-state index in [2.05, 4.69) is 0 Å². The maximum atomic E-state index is 12.4. The molecular weight excluding hydrogens is 308 g/mol. The van der Waals surface area contributed by atoms with Crippen LogP contribution in [-0.2, 0) is 16.1 Å². The number of hydrogen-bond donors (Lipinski definition) is 0. The molecule has 0 N–H and O–H groups in total. The Bertz CT molecular complexity index is 784. The van der Waals surface area contributed by atoms with Crippen LogP contribution >= 0.6 is 0 Å². The lowest BCUT2D eigenvalue weighted by Crippen LogP contribution is -2.37. The lowest BCUT2D eigenvalue weighted by molar-refractivity contribution is -0.384. The van der Waals surface area contributed by atoms with Crippen molar-refractivity contribution in [3.05, 3.63) is 87.7 Å². The van der Waals surface area contributed by atoms with Gasteiger partial charge >= 0.3 is 0 Å². The summed E-state index contributed by atoms with van der Waals surface area (Å²) in [6.45, 7) is 2.11. The number of rotatable bonds is 4. The highest BCUT2D eigenvalue weighted by atomic mass is 16.6. The maximum absolute atomic E-state index is 12.4.